The van der Waals surface area contributed by atoms with Crippen molar-refractivity contribution in [2.24, 2.45) is 11.8 Å². The third-order valence-corrected chi connectivity index (χ3v) is 8.44. The highest BCUT2D eigenvalue weighted by Gasteiger charge is 2.36. The van der Waals surface area contributed by atoms with E-state index in [2.05, 4.69) is 42.0 Å². The minimum absolute atomic E-state index is 0.113. The van der Waals surface area contributed by atoms with E-state index in [-0.39, 0.29) is 34.7 Å². The van der Waals surface area contributed by atoms with E-state index in [0.717, 1.165) is 29.1 Å². The van der Waals surface area contributed by atoms with Crippen molar-refractivity contribution in [1.82, 2.24) is 15.2 Å². The average Bonchev–Trinajstić information content (AvgIpc) is 3.15. The van der Waals surface area contributed by atoms with Gasteiger partial charge in [-0.05, 0) is 100 Å². The summed E-state index contributed by atoms with van der Waals surface area (Å²) in [5, 5.41) is 15.4. The molecule has 1 aromatic carbocycles. The SMILES string of the molecule is Cc1c(C(=O)N[C@H]2C[C@H](C(=O)O)C2)cc(-c2cc(C(=O)NC(C)(C)C)cc(C(C)(C)C)c2)n1CC1CCCCC1. The van der Waals surface area contributed by atoms with Gasteiger partial charge in [-0.15, -0.1) is 0 Å². The molecule has 2 saturated carbocycles. The molecule has 2 aromatic rings. The van der Waals surface area contributed by atoms with Crippen LogP contribution in [0.4, 0.5) is 0 Å². The number of nitrogens with zero attached hydrogens (tertiary/aromatic N) is 1. The maximum atomic E-state index is 13.5. The highest BCUT2D eigenvalue weighted by atomic mass is 16.4. The molecule has 2 fully saturated rings. The van der Waals surface area contributed by atoms with E-state index in [1.807, 2.05) is 45.9 Å². The molecule has 218 valence electrons. The van der Waals surface area contributed by atoms with Crippen molar-refractivity contribution in [2.75, 3.05) is 0 Å². The summed E-state index contributed by atoms with van der Waals surface area (Å²) in [5.74, 6) is -0.902. The number of carbonyl (C=O) groups excluding carboxylic acids is 2. The van der Waals surface area contributed by atoms with Crippen LogP contribution in [-0.2, 0) is 16.8 Å². The third-order valence-electron chi connectivity index (χ3n) is 8.44. The quantitative estimate of drug-likeness (QED) is 0.369. The van der Waals surface area contributed by atoms with E-state index < -0.39 is 5.97 Å². The molecule has 3 N–H and O–H groups in total. The zero-order chi connectivity index (χ0) is 29.4. The first-order valence-corrected chi connectivity index (χ1v) is 14.8. The number of aromatic nitrogens is 1. The Morgan fingerprint density at radius 1 is 0.925 bits per heavy atom. The Hall–Kier alpha value is -3.09. The van der Waals surface area contributed by atoms with Gasteiger partial charge < -0.3 is 20.3 Å². The first-order valence-electron chi connectivity index (χ1n) is 14.8. The average molecular weight is 550 g/mol. The molecule has 7 heteroatoms. The van der Waals surface area contributed by atoms with Gasteiger partial charge in [0, 0.05) is 35.1 Å². The standard InChI is InChI=1S/C33H47N3O4/c1-20-27(30(38)34-26-16-24(17-26)31(39)40)18-28(36(20)19-21-11-9-8-10-12-21)22-13-23(29(37)35-33(5,6)7)15-25(14-22)32(2,3)4/h13-15,18,21,24,26H,8-12,16-17,19H2,1-7H3,(H,34,38)(H,35,37)(H,39,40)/t24-,26-. The fourth-order valence-electron chi connectivity index (χ4n) is 5.93. The van der Waals surface area contributed by atoms with Gasteiger partial charge >= 0.3 is 5.97 Å². The number of amides is 2. The van der Waals surface area contributed by atoms with Crippen LogP contribution in [0.3, 0.4) is 0 Å². The molecule has 0 radical (unpaired) electrons. The van der Waals surface area contributed by atoms with Crippen LogP contribution in [0.5, 0.6) is 0 Å². The van der Waals surface area contributed by atoms with E-state index in [1.54, 1.807) is 0 Å². The van der Waals surface area contributed by atoms with Crippen LogP contribution < -0.4 is 10.6 Å². The van der Waals surface area contributed by atoms with E-state index in [0.29, 0.717) is 29.9 Å². The van der Waals surface area contributed by atoms with Gasteiger partial charge in [-0.25, -0.2) is 0 Å². The third kappa shape index (κ3) is 6.97. The molecule has 4 rings (SSSR count). The van der Waals surface area contributed by atoms with Gasteiger partial charge in [0.2, 0.25) is 0 Å². The summed E-state index contributed by atoms with van der Waals surface area (Å²) in [4.78, 5) is 38.0. The highest BCUT2D eigenvalue weighted by molar-refractivity contribution is 5.98. The van der Waals surface area contributed by atoms with Crippen LogP contribution in [0.15, 0.2) is 24.3 Å². The van der Waals surface area contributed by atoms with Gasteiger partial charge in [0.05, 0.1) is 11.5 Å². The van der Waals surface area contributed by atoms with Crippen molar-refractivity contribution in [3.63, 3.8) is 0 Å². The van der Waals surface area contributed by atoms with Crippen molar-refractivity contribution in [3.8, 4) is 11.3 Å². The molecule has 2 amide bonds. The molecule has 7 nitrogen and oxygen atoms in total. The molecular formula is C33H47N3O4. The normalized spacial score (nSPS) is 20.1. The van der Waals surface area contributed by atoms with Crippen molar-refractivity contribution in [2.45, 2.75) is 117 Å². The van der Waals surface area contributed by atoms with E-state index in [9.17, 15) is 19.5 Å². The number of carboxylic acids is 1. The summed E-state index contributed by atoms with van der Waals surface area (Å²) < 4.78 is 2.28. The Balaban J connectivity index is 1.75. The summed E-state index contributed by atoms with van der Waals surface area (Å²) in [6.45, 7) is 15.2. The summed E-state index contributed by atoms with van der Waals surface area (Å²) in [6, 6.07) is 7.94. The van der Waals surface area contributed by atoms with Crippen LogP contribution in [0, 0.1) is 18.8 Å². The number of nitrogens with one attached hydrogen (secondary N) is 2. The maximum Gasteiger partial charge on any atom is 0.306 e. The molecule has 40 heavy (non-hydrogen) atoms. The zero-order valence-corrected chi connectivity index (χ0v) is 25.3. The number of rotatable bonds is 7. The van der Waals surface area contributed by atoms with Gasteiger partial charge in [-0.2, -0.15) is 0 Å². The Labute approximate surface area is 239 Å². The molecule has 0 unspecified atom stereocenters. The Kier molecular flexibility index (Phi) is 8.53. The topological polar surface area (TPSA) is 100 Å². The number of hydrogen-bond acceptors (Lipinski definition) is 3. The monoisotopic (exact) mass is 549 g/mol. The molecular weight excluding hydrogens is 502 g/mol. The summed E-state index contributed by atoms with van der Waals surface area (Å²) >= 11 is 0. The number of carbonyl (C=O) groups is 3. The first kappa shape index (κ1) is 29.9. The zero-order valence-electron chi connectivity index (χ0n) is 25.3. The Morgan fingerprint density at radius 2 is 1.57 bits per heavy atom. The lowest BCUT2D eigenvalue weighted by Gasteiger charge is -2.32. The number of hydrogen-bond donors (Lipinski definition) is 3. The minimum Gasteiger partial charge on any atom is -0.481 e. The van der Waals surface area contributed by atoms with Crippen LogP contribution in [0.1, 0.15) is 118 Å². The van der Waals surface area contributed by atoms with E-state index in [4.69, 9.17) is 0 Å². The van der Waals surface area contributed by atoms with E-state index in [1.165, 1.54) is 32.1 Å². The van der Waals surface area contributed by atoms with Crippen LogP contribution >= 0.6 is 0 Å². The van der Waals surface area contributed by atoms with Crippen molar-refractivity contribution >= 4 is 17.8 Å². The molecule has 2 aliphatic rings. The lowest BCUT2D eigenvalue weighted by atomic mass is 9.80. The Bertz CT molecular complexity index is 1270. The minimum atomic E-state index is -0.798. The van der Waals surface area contributed by atoms with Gasteiger partial charge in [-0.3, -0.25) is 14.4 Å². The fourth-order valence-corrected chi connectivity index (χ4v) is 5.93. The van der Waals surface area contributed by atoms with Crippen LogP contribution in [0.2, 0.25) is 0 Å². The molecule has 0 bridgehead atoms. The molecule has 1 aromatic heterocycles. The highest BCUT2D eigenvalue weighted by Crippen LogP contribution is 2.35. The predicted octanol–water partition coefficient (Wildman–Crippen LogP) is 6.46. The molecule has 0 aliphatic heterocycles. The maximum absolute atomic E-state index is 13.5. The first-order chi connectivity index (χ1) is 18.6. The smallest absolute Gasteiger partial charge is 0.306 e. The summed E-state index contributed by atoms with van der Waals surface area (Å²) in [5.41, 5.74) is 4.54. The van der Waals surface area contributed by atoms with Gasteiger partial charge in [0.25, 0.3) is 11.8 Å². The Morgan fingerprint density at radius 3 is 2.15 bits per heavy atom. The van der Waals surface area contributed by atoms with Crippen LogP contribution in [-0.4, -0.2) is 39.0 Å². The molecule has 0 spiro atoms. The number of aliphatic carboxylic acids is 1. The second-order valence-electron chi connectivity index (χ2n) is 14.1. The van der Waals surface area contributed by atoms with Crippen LogP contribution in [0.25, 0.3) is 11.3 Å². The summed E-state index contributed by atoms with van der Waals surface area (Å²) in [7, 11) is 0. The van der Waals surface area contributed by atoms with Gasteiger partial charge in [-0.1, -0.05) is 40.0 Å². The molecule has 2 aliphatic carbocycles. The lowest BCUT2D eigenvalue weighted by molar-refractivity contribution is -0.145. The van der Waals surface area contributed by atoms with Gasteiger partial charge in [0.1, 0.15) is 0 Å². The largest absolute Gasteiger partial charge is 0.481 e. The van der Waals surface area contributed by atoms with Gasteiger partial charge in [0.15, 0.2) is 0 Å². The molecule has 1 heterocycles. The lowest BCUT2D eigenvalue weighted by Crippen LogP contribution is -2.46. The number of carboxylic acid groups (broad SMARTS) is 1. The second kappa shape index (κ2) is 11.4. The fraction of sp³-hybridized carbons (Fsp3) is 0.606. The molecule has 0 atom stereocenters. The van der Waals surface area contributed by atoms with E-state index >= 15 is 0 Å². The predicted molar refractivity (Wildman–Crippen MR) is 159 cm³/mol. The van der Waals surface area contributed by atoms with Crippen molar-refractivity contribution < 1.29 is 19.5 Å². The van der Waals surface area contributed by atoms with Crippen molar-refractivity contribution in [1.29, 1.82) is 0 Å². The van der Waals surface area contributed by atoms with Crippen molar-refractivity contribution in [3.05, 3.63) is 46.6 Å². The summed E-state index contributed by atoms with van der Waals surface area (Å²) in [6.07, 6.45) is 7.04. The number of benzene rings is 1. The second-order valence-corrected chi connectivity index (χ2v) is 14.1. The molecule has 0 saturated heterocycles.